The van der Waals surface area contributed by atoms with E-state index in [1.54, 1.807) is 33.2 Å². The first-order chi connectivity index (χ1) is 15.2. The molecule has 5 rings (SSSR count). The molecule has 3 heterocycles. The molecule has 0 spiro atoms. The Labute approximate surface area is 181 Å². The maximum Gasteiger partial charge on any atom is 0.273 e. The standard InChI is InChI=1S/C21H18FN7OS/c22-17-9-5-4-8-16(17)19-23-18(14-31-19)20(30)27-10-12-28(13-11-27)21-24-25-26-29(21)15-6-2-1-3-7-15/h1-9,14H,10-13H2. The summed E-state index contributed by atoms with van der Waals surface area (Å²) in [6, 6.07) is 16.1. The Kier molecular flexibility index (Phi) is 5.13. The second-order valence-electron chi connectivity index (χ2n) is 7.02. The van der Waals surface area contributed by atoms with E-state index in [0.29, 0.717) is 48.4 Å². The molecule has 1 fully saturated rings. The van der Waals surface area contributed by atoms with E-state index in [0.717, 1.165) is 5.69 Å². The fourth-order valence-corrected chi connectivity index (χ4v) is 4.34. The van der Waals surface area contributed by atoms with E-state index >= 15 is 0 Å². The third-order valence-electron chi connectivity index (χ3n) is 5.13. The van der Waals surface area contributed by atoms with Crippen LogP contribution in [0, 0.1) is 5.82 Å². The zero-order chi connectivity index (χ0) is 21.2. The Morgan fingerprint density at radius 1 is 0.968 bits per heavy atom. The van der Waals surface area contributed by atoms with Crippen LogP contribution in [0.4, 0.5) is 10.3 Å². The van der Waals surface area contributed by atoms with Gasteiger partial charge in [0.15, 0.2) is 0 Å². The van der Waals surface area contributed by atoms with Crippen molar-refractivity contribution in [1.82, 2.24) is 30.1 Å². The summed E-state index contributed by atoms with van der Waals surface area (Å²) >= 11 is 1.27. The molecule has 156 valence electrons. The predicted molar refractivity (Wildman–Crippen MR) is 115 cm³/mol. The SMILES string of the molecule is O=C(c1csc(-c2ccccc2F)n1)N1CCN(c2nnnn2-c2ccccc2)CC1. The first kappa shape index (κ1) is 19.3. The van der Waals surface area contributed by atoms with Crippen molar-refractivity contribution in [3.8, 4) is 16.3 Å². The van der Waals surface area contributed by atoms with Gasteiger partial charge in [0.1, 0.15) is 16.5 Å². The van der Waals surface area contributed by atoms with Crippen LogP contribution in [-0.4, -0.2) is 62.2 Å². The highest BCUT2D eigenvalue weighted by atomic mass is 32.1. The predicted octanol–water partition coefficient (Wildman–Crippen LogP) is 2.89. The maximum absolute atomic E-state index is 14.0. The molecule has 1 aliphatic rings. The van der Waals surface area contributed by atoms with Crippen molar-refractivity contribution in [2.45, 2.75) is 0 Å². The molecule has 0 unspecified atom stereocenters. The number of carbonyl (C=O) groups excluding carboxylic acids is 1. The summed E-state index contributed by atoms with van der Waals surface area (Å²) in [6.45, 7) is 2.24. The molecule has 1 aliphatic heterocycles. The van der Waals surface area contributed by atoms with Gasteiger partial charge < -0.3 is 9.80 Å². The number of carbonyl (C=O) groups is 1. The van der Waals surface area contributed by atoms with Crippen LogP contribution in [-0.2, 0) is 0 Å². The molecule has 2 aromatic carbocycles. The van der Waals surface area contributed by atoms with Crippen LogP contribution in [0.3, 0.4) is 0 Å². The zero-order valence-electron chi connectivity index (χ0n) is 16.4. The number of rotatable bonds is 4. The third-order valence-corrected chi connectivity index (χ3v) is 6.01. The number of hydrogen-bond acceptors (Lipinski definition) is 7. The molecular weight excluding hydrogens is 417 g/mol. The van der Waals surface area contributed by atoms with Crippen LogP contribution >= 0.6 is 11.3 Å². The van der Waals surface area contributed by atoms with E-state index in [2.05, 4.69) is 25.4 Å². The molecule has 0 atom stereocenters. The average molecular weight is 435 g/mol. The normalized spacial score (nSPS) is 14.1. The van der Waals surface area contributed by atoms with Gasteiger partial charge in [-0.25, -0.2) is 9.37 Å². The lowest BCUT2D eigenvalue weighted by Gasteiger charge is -2.34. The summed E-state index contributed by atoms with van der Waals surface area (Å²) in [5.41, 5.74) is 1.62. The Morgan fingerprint density at radius 3 is 2.48 bits per heavy atom. The van der Waals surface area contributed by atoms with Crippen molar-refractivity contribution in [1.29, 1.82) is 0 Å². The number of thiazole rings is 1. The molecule has 31 heavy (non-hydrogen) atoms. The summed E-state index contributed by atoms with van der Waals surface area (Å²) < 4.78 is 15.7. The van der Waals surface area contributed by atoms with Crippen LogP contribution in [0.2, 0.25) is 0 Å². The number of aromatic nitrogens is 5. The maximum atomic E-state index is 14.0. The lowest BCUT2D eigenvalue weighted by molar-refractivity contribution is 0.0741. The van der Waals surface area contributed by atoms with Crippen LogP contribution in [0.1, 0.15) is 10.5 Å². The minimum atomic E-state index is -0.347. The Bertz CT molecular complexity index is 1200. The number of tetrazole rings is 1. The van der Waals surface area contributed by atoms with Crippen LogP contribution in [0.15, 0.2) is 60.0 Å². The van der Waals surface area contributed by atoms with Gasteiger partial charge in [0.05, 0.1) is 5.69 Å². The van der Waals surface area contributed by atoms with Gasteiger partial charge in [-0.15, -0.1) is 11.3 Å². The van der Waals surface area contributed by atoms with Gasteiger partial charge in [0.25, 0.3) is 5.91 Å². The molecule has 1 saturated heterocycles. The van der Waals surface area contributed by atoms with Crippen molar-refractivity contribution < 1.29 is 9.18 Å². The quantitative estimate of drug-likeness (QED) is 0.490. The molecule has 2 aromatic heterocycles. The lowest BCUT2D eigenvalue weighted by atomic mass is 10.2. The van der Waals surface area contributed by atoms with Crippen molar-refractivity contribution >= 4 is 23.2 Å². The summed E-state index contributed by atoms with van der Waals surface area (Å²) in [6.07, 6.45) is 0. The number of para-hydroxylation sites is 1. The minimum Gasteiger partial charge on any atom is -0.336 e. The molecule has 0 saturated carbocycles. The molecule has 10 heteroatoms. The fourth-order valence-electron chi connectivity index (χ4n) is 3.52. The zero-order valence-corrected chi connectivity index (χ0v) is 17.2. The second kappa shape index (κ2) is 8.23. The van der Waals surface area contributed by atoms with E-state index in [1.165, 1.54) is 17.4 Å². The van der Waals surface area contributed by atoms with E-state index in [9.17, 15) is 9.18 Å². The monoisotopic (exact) mass is 435 g/mol. The van der Waals surface area contributed by atoms with Gasteiger partial charge in [0, 0.05) is 37.1 Å². The Morgan fingerprint density at radius 2 is 1.71 bits per heavy atom. The van der Waals surface area contributed by atoms with Crippen LogP contribution in [0.25, 0.3) is 16.3 Å². The van der Waals surface area contributed by atoms with Crippen molar-refractivity contribution in [3.05, 3.63) is 71.5 Å². The number of amides is 1. The Balaban J connectivity index is 1.27. The minimum absolute atomic E-state index is 0.152. The highest BCUT2D eigenvalue weighted by molar-refractivity contribution is 7.13. The number of hydrogen-bond donors (Lipinski definition) is 0. The first-order valence-corrected chi connectivity index (χ1v) is 10.7. The van der Waals surface area contributed by atoms with E-state index in [1.807, 2.05) is 30.3 Å². The van der Waals surface area contributed by atoms with Crippen molar-refractivity contribution in [2.24, 2.45) is 0 Å². The lowest BCUT2D eigenvalue weighted by Crippen LogP contribution is -2.49. The number of halogens is 1. The van der Waals surface area contributed by atoms with Crippen LogP contribution < -0.4 is 4.90 Å². The molecule has 4 aromatic rings. The molecule has 8 nitrogen and oxygen atoms in total. The highest BCUT2D eigenvalue weighted by Gasteiger charge is 2.27. The summed E-state index contributed by atoms with van der Waals surface area (Å²) in [7, 11) is 0. The molecule has 0 aliphatic carbocycles. The number of nitrogens with zero attached hydrogens (tertiary/aromatic N) is 7. The molecule has 0 radical (unpaired) electrons. The van der Waals surface area contributed by atoms with E-state index in [4.69, 9.17) is 0 Å². The second-order valence-corrected chi connectivity index (χ2v) is 7.88. The number of benzene rings is 2. The van der Waals surface area contributed by atoms with Gasteiger partial charge in [-0.1, -0.05) is 35.4 Å². The molecular formula is C21H18FN7OS. The topological polar surface area (TPSA) is 80.0 Å². The summed E-state index contributed by atoms with van der Waals surface area (Å²) in [5, 5.41) is 14.3. The first-order valence-electron chi connectivity index (χ1n) is 9.79. The van der Waals surface area contributed by atoms with Gasteiger partial charge in [0.2, 0.25) is 5.95 Å². The van der Waals surface area contributed by atoms with E-state index < -0.39 is 0 Å². The Hall–Kier alpha value is -3.66. The van der Waals surface area contributed by atoms with Gasteiger partial charge >= 0.3 is 0 Å². The molecule has 0 bridgehead atoms. The highest BCUT2D eigenvalue weighted by Crippen LogP contribution is 2.27. The van der Waals surface area contributed by atoms with Crippen molar-refractivity contribution in [3.63, 3.8) is 0 Å². The molecule has 0 N–H and O–H groups in total. The van der Waals surface area contributed by atoms with Gasteiger partial charge in [-0.2, -0.15) is 4.68 Å². The number of anilines is 1. The number of piperazine rings is 1. The van der Waals surface area contributed by atoms with Crippen molar-refractivity contribution in [2.75, 3.05) is 31.1 Å². The van der Waals surface area contributed by atoms with E-state index in [-0.39, 0.29) is 11.7 Å². The summed E-state index contributed by atoms with van der Waals surface area (Å²) in [4.78, 5) is 21.1. The summed E-state index contributed by atoms with van der Waals surface area (Å²) in [5.74, 6) is 0.149. The smallest absolute Gasteiger partial charge is 0.273 e. The third kappa shape index (κ3) is 3.77. The largest absolute Gasteiger partial charge is 0.336 e. The average Bonchev–Trinajstić information content (AvgIpc) is 3.50. The fraction of sp³-hybridized carbons (Fsp3) is 0.190. The van der Waals surface area contributed by atoms with Crippen LogP contribution in [0.5, 0.6) is 0 Å². The molecule has 1 amide bonds. The van der Waals surface area contributed by atoms with Gasteiger partial charge in [-0.05, 0) is 34.7 Å². The van der Waals surface area contributed by atoms with Gasteiger partial charge in [-0.3, -0.25) is 4.79 Å².